The summed E-state index contributed by atoms with van der Waals surface area (Å²) < 4.78 is 0. The van der Waals surface area contributed by atoms with E-state index in [1.54, 1.807) is 0 Å². The lowest BCUT2D eigenvalue weighted by atomic mass is 9.91. The summed E-state index contributed by atoms with van der Waals surface area (Å²) in [5.74, 6) is 0. The summed E-state index contributed by atoms with van der Waals surface area (Å²) in [6, 6.07) is 0. The van der Waals surface area contributed by atoms with Crippen molar-refractivity contribution < 1.29 is 4.79 Å². The van der Waals surface area contributed by atoms with Gasteiger partial charge in [-0.15, -0.1) is 11.3 Å². The van der Waals surface area contributed by atoms with Crippen molar-refractivity contribution in [1.82, 2.24) is 4.98 Å². The minimum Gasteiger partial charge on any atom is -0.295 e. The highest BCUT2D eigenvalue weighted by Gasteiger charge is 2.21. The molecule has 0 aliphatic carbocycles. The molecule has 1 heterocycles. The Balaban J connectivity index is 3.19. The predicted molar refractivity (Wildman–Crippen MR) is 55.6 cm³/mol. The van der Waals surface area contributed by atoms with E-state index >= 15 is 0 Å². The van der Waals surface area contributed by atoms with E-state index in [9.17, 15) is 4.79 Å². The number of aryl methyl sites for hydroxylation is 1. The molecule has 1 aromatic heterocycles. The number of carbonyl (C=O) groups is 1. The minimum atomic E-state index is 0.0447. The molecule has 2 nitrogen and oxygen atoms in total. The molecule has 0 fully saturated rings. The molecule has 72 valence electrons. The topological polar surface area (TPSA) is 30.0 Å². The standard InChI is InChI=1S/C10H15NOS/c1-5-7-9(10(2,3)4)11-8(6-12)13-7/h6H,5H2,1-4H3. The van der Waals surface area contributed by atoms with Crippen molar-refractivity contribution >= 4 is 17.6 Å². The highest BCUT2D eigenvalue weighted by atomic mass is 32.1. The van der Waals surface area contributed by atoms with Crippen molar-refractivity contribution in [1.29, 1.82) is 0 Å². The molecule has 0 bridgehead atoms. The highest BCUT2D eigenvalue weighted by Crippen LogP contribution is 2.29. The summed E-state index contributed by atoms with van der Waals surface area (Å²) in [7, 11) is 0. The van der Waals surface area contributed by atoms with Crippen LogP contribution in [0.1, 0.15) is 48.1 Å². The Hall–Kier alpha value is -0.700. The van der Waals surface area contributed by atoms with Gasteiger partial charge in [0.1, 0.15) is 0 Å². The van der Waals surface area contributed by atoms with Crippen molar-refractivity contribution in [2.24, 2.45) is 0 Å². The van der Waals surface area contributed by atoms with Crippen molar-refractivity contribution in [2.45, 2.75) is 39.5 Å². The van der Waals surface area contributed by atoms with Gasteiger partial charge in [0.05, 0.1) is 5.69 Å². The fourth-order valence-electron chi connectivity index (χ4n) is 1.25. The van der Waals surface area contributed by atoms with E-state index < -0.39 is 0 Å². The van der Waals surface area contributed by atoms with Crippen LogP contribution in [0.4, 0.5) is 0 Å². The Kier molecular flexibility index (Phi) is 2.86. The summed E-state index contributed by atoms with van der Waals surface area (Å²) in [5, 5.41) is 0.599. The van der Waals surface area contributed by atoms with Gasteiger partial charge < -0.3 is 0 Å². The molecular weight excluding hydrogens is 182 g/mol. The molecule has 0 N–H and O–H groups in total. The van der Waals surface area contributed by atoms with Gasteiger partial charge in [-0.1, -0.05) is 27.7 Å². The number of aromatic nitrogens is 1. The molecule has 0 amide bonds. The van der Waals surface area contributed by atoms with E-state index in [1.807, 2.05) is 0 Å². The zero-order valence-electron chi connectivity index (χ0n) is 8.55. The summed E-state index contributed by atoms with van der Waals surface area (Å²) in [6.45, 7) is 8.46. The molecule has 0 aromatic carbocycles. The van der Waals surface area contributed by atoms with Gasteiger partial charge in [0.25, 0.3) is 0 Å². The summed E-state index contributed by atoms with van der Waals surface area (Å²) in [4.78, 5) is 16.1. The Morgan fingerprint density at radius 2 is 2.08 bits per heavy atom. The number of hydrogen-bond donors (Lipinski definition) is 0. The van der Waals surface area contributed by atoms with E-state index in [-0.39, 0.29) is 5.41 Å². The van der Waals surface area contributed by atoms with Crippen LogP contribution in [0.15, 0.2) is 0 Å². The molecule has 13 heavy (non-hydrogen) atoms. The van der Waals surface area contributed by atoms with Crippen molar-refractivity contribution in [3.8, 4) is 0 Å². The molecule has 0 unspecified atom stereocenters. The first-order valence-corrected chi connectivity index (χ1v) is 5.26. The van der Waals surface area contributed by atoms with Gasteiger partial charge in [-0.05, 0) is 6.42 Å². The quantitative estimate of drug-likeness (QED) is 0.682. The zero-order valence-corrected chi connectivity index (χ0v) is 9.36. The van der Waals surface area contributed by atoms with Crippen molar-refractivity contribution in [3.63, 3.8) is 0 Å². The molecule has 0 aliphatic rings. The van der Waals surface area contributed by atoms with Crippen molar-refractivity contribution in [2.75, 3.05) is 0 Å². The number of nitrogens with zero attached hydrogens (tertiary/aromatic N) is 1. The first-order valence-electron chi connectivity index (χ1n) is 4.44. The Morgan fingerprint density at radius 1 is 1.46 bits per heavy atom. The first kappa shape index (κ1) is 10.4. The van der Waals surface area contributed by atoms with Crippen LogP contribution in [0.2, 0.25) is 0 Å². The second-order valence-electron chi connectivity index (χ2n) is 4.05. The molecule has 1 rings (SSSR count). The lowest BCUT2D eigenvalue weighted by molar-refractivity contribution is 0.112. The molecule has 0 spiro atoms. The summed E-state index contributed by atoms with van der Waals surface area (Å²) >= 11 is 1.51. The van der Waals surface area contributed by atoms with Crippen LogP contribution in [-0.4, -0.2) is 11.3 Å². The molecule has 0 radical (unpaired) electrons. The Bertz CT molecular complexity index is 309. The maximum Gasteiger partial charge on any atom is 0.178 e. The smallest absolute Gasteiger partial charge is 0.178 e. The fourth-order valence-corrected chi connectivity index (χ4v) is 2.28. The largest absolute Gasteiger partial charge is 0.295 e. The van der Waals surface area contributed by atoms with Gasteiger partial charge in [0.2, 0.25) is 0 Å². The van der Waals surface area contributed by atoms with E-state index in [1.165, 1.54) is 16.2 Å². The molecular formula is C10H15NOS. The number of carbonyl (C=O) groups excluding carboxylic acids is 1. The molecule has 1 aromatic rings. The number of rotatable bonds is 2. The molecule has 0 atom stereocenters. The number of thiazole rings is 1. The second kappa shape index (κ2) is 3.58. The van der Waals surface area contributed by atoms with Crippen LogP contribution in [0.25, 0.3) is 0 Å². The lowest BCUT2D eigenvalue weighted by Crippen LogP contribution is -2.13. The van der Waals surface area contributed by atoms with Crippen molar-refractivity contribution in [3.05, 3.63) is 15.6 Å². The maximum absolute atomic E-state index is 10.6. The lowest BCUT2D eigenvalue weighted by Gasteiger charge is -2.16. The van der Waals surface area contributed by atoms with Crippen LogP contribution in [0.5, 0.6) is 0 Å². The summed E-state index contributed by atoms with van der Waals surface area (Å²) in [6.07, 6.45) is 1.79. The molecule has 0 aliphatic heterocycles. The maximum atomic E-state index is 10.6. The molecule has 0 saturated heterocycles. The third-order valence-corrected chi connectivity index (χ3v) is 2.97. The average molecular weight is 197 g/mol. The van der Waals surface area contributed by atoms with Crippen LogP contribution >= 0.6 is 11.3 Å². The van der Waals surface area contributed by atoms with E-state index in [2.05, 4.69) is 32.7 Å². The second-order valence-corrected chi connectivity index (χ2v) is 5.16. The minimum absolute atomic E-state index is 0.0447. The fraction of sp³-hybridized carbons (Fsp3) is 0.600. The zero-order chi connectivity index (χ0) is 10.1. The normalized spacial score (nSPS) is 11.7. The van der Waals surface area contributed by atoms with Gasteiger partial charge >= 0.3 is 0 Å². The third kappa shape index (κ3) is 2.15. The average Bonchev–Trinajstić information content (AvgIpc) is 2.46. The Labute approximate surface area is 83.0 Å². The van der Waals surface area contributed by atoms with Crippen LogP contribution < -0.4 is 0 Å². The SMILES string of the molecule is CCc1sc(C=O)nc1C(C)(C)C. The van der Waals surface area contributed by atoms with Gasteiger partial charge in [-0.25, -0.2) is 4.98 Å². The number of aldehydes is 1. The van der Waals surface area contributed by atoms with Gasteiger partial charge in [0.15, 0.2) is 11.3 Å². The van der Waals surface area contributed by atoms with E-state index in [4.69, 9.17) is 0 Å². The molecule has 3 heteroatoms. The van der Waals surface area contributed by atoms with Gasteiger partial charge in [-0.2, -0.15) is 0 Å². The van der Waals surface area contributed by atoms with E-state index in [0.717, 1.165) is 18.4 Å². The monoisotopic (exact) mass is 197 g/mol. The van der Waals surface area contributed by atoms with E-state index in [0.29, 0.717) is 5.01 Å². The highest BCUT2D eigenvalue weighted by molar-refractivity contribution is 7.13. The van der Waals surface area contributed by atoms with Crippen LogP contribution in [-0.2, 0) is 11.8 Å². The van der Waals surface area contributed by atoms with Crippen LogP contribution in [0.3, 0.4) is 0 Å². The third-order valence-electron chi connectivity index (χ3n) is 1.85. The predicted octanol–water partition coefficient (Wildman–Crippen LogP) is 2.82. The number of hydrogen-bond acceptors (Lipinski definition) is 3. The first-order chi connectivity index (χ1) is 5.99. The Morgan fingerprint density at radius 3 is 2.38 bits per heavy atom. The van der Waals surface area contributed by atoms with Crippen LogP contribution in [0, 0.1) is 0 Å². The molecule has 0 saturated carbocycles. The van der Waals surface area contributed by atoms with Gasteiger partial charge in [0, 0.05) is 10.3 Å². The summed E-state index contributed by atoms with van der Waals surface area (Å²) in [5.41, 5.74) is 1.12. The van der Waals surface area contributed by atoms with Gasteiger partial charge in [-0.3, -0.25) is 4.79 Å².